The van der Waals surface area contributed by atoms with Crippen molar-refractivity contribution in [3.05, 3.63) is 108 Å². The molecule has 0 unspecified atom stereocenters. The Morgan fingerprint density at radius 1 is 0.971 bits per heavy atom. The van der Waals surface area contributed by atoms with Crippen LogP contribution in [0.15, 0.2) is 94.4 Å². The maximum Gasteiger partial charge on any atom is 0.307 e. The second-order valence-corrected chi connectivity index (χ2v) is 7.80. The van der Waals surface area contributed by atoms with Crippen molar-refractivity contribution in [2.24, 2.45) is 5.10 Å². The predicted octanol–water partition coefficient (Wildman–Crippen LogP) is 6.08. The van der Waals surface area contributed by atoms with E-state index in [9.17, 15) is 9.18 Å². The number of fused-ring (bicyclic) bond motifs is 2. The monoisotopic (exact) mass is 468 g/mol. The number of methoxy groups -OCH3 is 1. The van der Waals surface area contributed by atoms with Gasteiger partial charge in [-0.3, -0.25) is 4.79 Å². The number of rotatable bonds is 7. The summed E-state index contributed by atoms with van der Waals surface area (Å²) in [4.78, 5) is 12.7. The Balaban J connectivity index is 1.39. The number of halogens is 1. The molecule has 0 aliphatic carbocycles. The van der Waals surface area contributed by atoms with Crippen LogP contribution in [0.4, 0.5) is 4.39 Å². The Kier molecular flexibility index (Phi) is 6.13. The highest BCUT2D eigenvalue weighted by atomic mass is 19.1. The van der Waals surface area contributed by atoms with E-state index in [-0.39, 0.29) is 18.2 Å². The highest BCUT2D eigenvalue weighted by Crippen LogP contribution is 2.29. The molecule has 6 nitrogen and oxygen atoms in total. The molecule has 35 heavy (non-hydrogen) atoms. The lowest BCUT2D eigenvalue weighted by atomic mass is 10.0. The first kappa shape index (κ1) is 22.2. The summed E-state index contributed by atoms with van der Waals surface area (Å²) in [7, 11) is 1.54. The van der Waals surface area contributed by atoms with Gasteiger partial charge in [-0.15, -0.1) is 0 Å². The topological polar surface area (TPSA) is 73.1 Å². The first-order chi connectivity index (χ1) is 17.1. The van der Waals surface area contributed by atoms with Gasteiger partial charge in [-0.2, -0.15) is 5.10 Å². The molecule has 5 rings (SSSR count). The van der Waals surface area contributed by atoms with Crippen LogP contribution in [-0.4, -0.2) is 19.2 Å². The molecule has 0 radical (unpaired) electrons. The van der Waals surface area contributed by atoms with Gasteiger partial charge >= 0.3 is 5.91 Å². The number of hydrogen-bond acceptors (Lipinski definition) is 5. The lowest BCUT2D eigenvalue weighted by Crippen LogP contribution is -2.16. The molecule has 0 bridgehead atoms. The molecular formula is C28H21FN2O4. The van der Waals surface area contributed by atoms with E-state index < -0.39 is 5.91 Å². The molecule has 0 fully saturated rings. The number of ether oxygens (including phenoxy) is 2. The third-order valence-electron chi connectivity index (χ3n) is 5.55. The van der Waals surface area contributed by atoms with Gasteiger partial charge in [-0.05, 0) is 46.7 Å². The summed E-state index contributed by atoms with van der Waals surface area (Å²) in [5, 5.41) is 6.83. The minimum absolute atomic E-state index is 0.118. The second-order valence-electron chi connectivity index (χ2n) is 7.80. The summed E-state index contributed by atoms with van der Waals surface area (Å²) in [5.41, 5.74) is 4.55. The van der Waals surface area contributed by atoms with Gasteiger partial charge in [0.25, 0.3) is 0 Å². The summed E-state index contributed by atoms with van der Waals surface area (Å²) in [6.07, 6.45) is 1.55. The van der Waals surface area contributed by atoms with Gasteiger partial charge in [-0.1, -0.05) is 54.6 Å². The molecule has 5 aromatic rings. The van der Waals surface area contributed by atoms with Crippen molar-refractivity contribution in [2.75, 3.05) is 7.11 Å². The number of furan rings is 1. The number of nitrogens with zero attached hydrogens (tertiary/aromatic N) is 1. The fraction of sp³-hybridized carbons (Fsp3) is 0.0714. The van der Waals surface area contributed by atoms with E-state index >= 15 is 0 Å². The molecule has 1 amide bonds. The Hall–Kier alpha value is -4.65. The minimum atomic E-state index is -0.492. The molecule has 0 saturated heterocycles. The van der Waals surface area contributed by atoms with Crippen molar-refractivity contribution in [3.8, 4) is 11.5 Å². The lowest BCUT2D eigenvalue weighted by Gasteiger charge is -2.12. The predicted molar refractivity (Wildman–Crippen MR) is 133 cm³/mol. The second kappa shape index (κ2) is 9.69. The minimum Gasteiger partial charge on any atom is -0.493 e. The summed E-state index contributed by atoms with van der Waals surface area (Å²) >= 11 is 0. The van der Waals surface area contributed by atoms with Crippen LogP contribution in [0, 0.1) is 5.82 Å². The average molecular weight is 468 g/mol. The largest absolute Gasteiger partial charge is 0.493 e. The maximum atomic E-state index is 13.2. The zero-order valence-electron chi connectivity index (χ0n) is 18.8. The summed E-state index contributed by atoms with van der Waals surface area (Å²) in [6, 6.07) is 24.8. The molecule has 174 valence electrons. The van der Waals surface area contributed by atoms with E-state index in [1.54, 1.807) is 37.6 Å². The van der Waals surface area contributed by atoms with Gasteiger partial charge in [-0.25, -0.2) is 9.82 Å². The molecule has 1 heterocycles. The van der Waals surface area contributed by atoms with E-state index in [4.69, 9.17) is 13.9 Å². The zero-order chi connectivity index (χ0) is 24.2. The number of hydrazone groups is 1. The van der Waals surface area contributed by atoms with Crippen molar-refractivity contribution in [1.82, 2.24) is 5.43 Å². The fourth-order valence-corrected chi connectivity index (χ4v) is 3.80. The quantitative estimate of drug-likeness (QED) is 0.232. The third-order valence-corrected chi connectivity index (χ3v) is 5.55. The van der Waals surface area contributed by atoms with E-state index in [2.05, 4.69) is 10.5 Å². The first-order valence-corrected chi connectivity index (χ1v) is 10.9. The van der Waals surface area contributed by atoms with Gasteiger partial charge in [0.15, 0.2) is 17.1 Å². The van der Waals surface area contributed by atoms with Crippen LogP contribution in [0.25, 0.3) is 21.7 Å². The molecular weight excluding hydrogens is 447 g/mol. The summed E-state index contributed by atoms with van der Waals surface area (Å²) in [6.45, 7) is 0.257. The molecule has 4 aromatic carbocycles. The van der Waals surface area contributed by atoms with Crippen LogP contribution in [0.2, 0.25) is 0 Å². The molecule has 1 N–H and O–H groups in total. The summed E-state index contributed by atoms with van der Waals surface area (Å²) < 4.78 is 30.2. The van der Waals surface area contributed by atoms with Crippen LogP contribution in [-0.2, 0) is 6.61 Å². The number of amides is 1. The highest BCUT2D eigenvalue weighted by Gasteiger charge is 2.14. The average Bonchev–Trinajstić information content (AvgIpc) is 3.33. The molecule has 0 aliphatic heterocycles. The molecule has 1 aromatic heterocycles. The van der Waals surface area contributed by atoms with Crippen LogP contribution < -0.4 is 14.9 Å². The van der Waals surface area contributed by atoms with Crippen molar-refractivity contribution in [1.29, 1.82) is 0 Å². The molecule has 7 heteroatoms. The number of hydrogen-bond donors (Lipinski definition) is 1. The van der Waals surface area contributed by atoms with E-state index in [0.29, 0.717) is 22.6 Å². The van der Waals surface area contributed by atoms with Gasteiger partial charge < -0.3 is 13.9 Å². The normalized spacial score (nSPS) is 11.3. The number of para-hydroxylation sites is 1. The Labute approximate surface area is 200 Å². The van der Waals surface area contributed by atoms with Crippen LogP contribution in [0.3, 0.4) is 0 Å². The first-order valence-electron chi connectivity index (χ1n) is 10.9. The number of benzene rings is 4. The zero-order valence-corrected chi connectivity index (χ0v) is 18.8. The number of nitrogens with one attached hydrogen (secondary N) is 1. The molecule has 0 atom stereocenters. The van der Waals surface area contributed by atoms with Crippen LogP contribution in [0.5, 0.6) is 11.5 Å². The summed E-state index contributed by atoms with van der Waals surface area (Å²) in [5.74, 6) is 0.454. The van der Waals surface area contributed by atoms with E-state index in [1.165, 1.54) is 12.1 Å². The van der Waals surface area contributed by atoms with Crippen molar-refractivity contribution in [2.45, 2.75) is 6.61 Å². The van der Waals surface area contributed by atoms with Gasteiger partial charge in [0, 0.05) is 10.9 Å². The number of carbonyl (C=O) groups is 1. The Morgan fingerprint density at radius 2 is 1.77 bits per heavy atom. The standard InChI is InChI=1S/C28H21FN2O4/c1-33-25-8-4-6-20-15-26(35-27(20)25)28(32)31-30-16-23-22-7-3-2-5-19(22)11-14-24(23)34-17-18-9-12-21(29)13-10-18/h2-16H,17H2,1H3,(H,31,32)/b30-16-. The van der Waals surface area contributed by atoms with Gasteiger partial charge in [0.05, 0.1) is 13.3 Å². The smallest absolute Gasteiger partial charge is 0.307 e. The Morgan fingerprint density at radius 3 is 2.60 bits per heavy atom. The highest BCUT2D eigenvalue weighted by molar-refractivity contribution is 6.03. The Bertz CT molecular complexity index is 1540. The lowest BCUT2D eigenvalue weighted by molar-refractivity contribution is 0.0929. The molecule has 0 spiro atoms. The molecule has 0 saturated carbocycles. The number of carbonyl (C=O) groups excluding carboxylic acids is 1. The SMILES string of the molecule is COc1cccc2cc(C(=O)N/N=C\c3c(OCc4ccc(F)cc4)ccc4ccccc34)oc12. The van der Waals surface area contributed by atoms with Crippen molar-refractivity contribution >= 4 is 33.9 Å². The van der Waals surface area contributed by atoms with Crippen molar-refractivity contribution < 1.29 is 23.1 Å². The van der Waals surface area contributed by atoms with Gasteiger partial charge in [0.2, 0.25) is 0 Å². The van der Waals surface area contributed by atoms with Gasteiger partial charge in [0.1, 0.15) is 18.2 Å². The maximum absolute atomic E-state index is 13.2. The fourth-order valence-electron chi connectivity index (χ4n) is 3.80. The van der Waals surface area contributed by atoms with Crippen molar-refractivity contribution in [3.63, 3.8) is 0 Å². The molecule has 0 aliphatic rings. The van der Waals surface area contributed by atoms with Crippen LogP contribution >= 0.6 is 0 Å². The third kappa shape index (κ3) is 4.70. The van der Waals surface area contributed by atoms with E-state index in [1.807, 2.05) is 48.5 Å². The van der Waals surface area contributed by atoms with Crippen LogP contribution in [0.1, 0.15) is 21.7 Å². The van der Waals surface area contributed by atoms with E-state index in [0.717, 1.165) is 21.7 Å².